The van der Waals surface area contributed by atoms with Gasteiger partial charge in [0.1, 0.15) is 18.1 Å². The number of pyridine rings is 2. The SMILES string of the molecule is CC[C@@]1(O)C(=O)OCc2c1cc1n(c2=O)Cc2c-1nc1cc(O)ccc1c2O[Si](C)(C)C(C)(C)C. The minimum absolute atomic E-state index is 0.0664. The van der Waals surface area contributed by atoms with Crippen LogP contribution in [0, 0.1) is 0 Å². The van der Waals surface area contributed by atoms with Crippen molar-refractivity contribution in [2.45, 2.75) is 71.0 Å². The van der Waals surface area contributed by atoms with E-state index in [0.717, 1.165) is 10.9 Å². The van der Waals surface area contributed by atoms with Crippen LogP contribution in [0.1, 0.15) is 50.8 Å². The van der Waals surface area contributed by atoms with Gasteiger partial charge in [0.2, 0.25) is 0 Å². The molecule has 0 saturated heterocycles. The quantitative estimate of drug-likeness (QED) is 0.325. The first kappa shape index (κ1) is 23.6. The highest BCUT2D eigenvalue weighted by Gasteiger charge is 2.46. The summed E-state index contributed by atoms with van der Waals surface area (Å²) in [5.41, 5.74) is 0.719. The number of aromatic hydroxyl groups is 1. The fourth-order valence-electron chi connectivity index (χ4n) is 4.56. The van der Waals surface area contributed by atoms with Gasteiger partial charge < -0.3 is 23.9 Å². The van der Waals surface area contributed by atoms with E-state index >= 15 is 0 Å². The molecule has 8 nitrogen and oxygen atoms in total. The maximum Gasteiger partial charge on any atom is 0.343 e. The van der Waals surface area contributed by atoms with E-state index in [9.17, 15) is 19.8 Å². The molecule has 3 aromatic rings. The second kappa shape index (κ2) is 7.41. The van der Waals surface area contributed by atoms with E-state index in [2.05, 4.69) is 33.9 Å². The van der Waals surface area contributed by atoms with E-state index in [-0.39, 0.29) is 47.0 Å². The number of benzene rings is 1. The van der Waals surface area contributed by atoms with Crippen molar-refractivity contribution in [3.8, 4) is 22.9 Å². The molecule has 2 aliphatic heterocycles. The van der Waals surface area contributed by atoms with E-state index in [1.807, 2.05) is 0 Å². The summed E-state index contributed by atoms with van der Waals surface area (Å²) < 4.78 is 13.6. The molecule has 2 aromatic heterocycles. The lowest BCUT2D eigenvalue weighted by Gasteiger charge is -2.37. The maximum absolute atomic E-state index is 13.5. The number of hydrogen-bond acceptors (Lipinski definition) is 7. The Hall–Kier alpha value is -3.17. The van der Waals surface area contributed by atoms with Crippen molar-refractivity contribution in [3.05, 3.63) is 51.3 Å². The number of ether oxygens (including phenoxy) is 1. The van der Waals surface area contributed by atoms with Gasteiger partial charge >= 0.3 is 5.97 Å². The number of cyclic esters (lactones) is 1. The highest BCUT2D eigenvalue weighted by Crippen LogP contribution is 2.46. The first-order valence-electron chi connectivity index (χ1n) is 11.8. The second-order valence-corrected chi connectivity index (χ2v) is 15.7. The first-order chi connectivity index (χ1) is 16.3. The van der Waals surface area contributed by atoms with Crippen LogP contribution in [0.25, 0.3) is 22.3 Å². The van der Waals surface area contributed by atoms with Crippen molar-refractivity contribution >= 4 is 25.2 Å². The Morgan fingerprint density at radius 3 is 2.57 bits per heavy atom. The zero-order valence-corrected chi connectivity index (χ0v) is 21.9. The highest BCUT2D eigenvalue weighted by atomic mass is 28.4. The normalized spacial score (nSPS) is 19.2. The van der Waals surface area contributed by atoms with E-state index in [1.54, 1.807) is 35.8 Å². The van der Waals surface area contributed by atoms with Gasteiger partial charge in [-0.3, -0.25) is 4.79 Å². The molecule has 4 heterocycles. The van der Waals surface area contributed by atoms with E-state index in [4.69, 9.17) is 14.1 Å². The summed E-state index contributed by atoms with van der Waals surface area (Å²) in [5, 5.41) is 22.0. The lowest BCUT2D eigenvalue weighted by molar-refractivity contribution is -0.172. The summed E-state index contributed by atoms with van der Waals surface area (Å²) in [4.78, 5) is 30.8. The molecular weight excluding hydrogens is 464 g/mol. The molecular formula is C26H30N2O6Si. The molecule has 2 aliphatic rings. The third-order valence-corrected chi connectivity index (χ3v) is 12.1. The fraction of sp³-hybridized carbons (Fsp3) is 0.423. The zero-order chi connectivity index (χ0) is 25.5. The van der Waals surface area contributed by atoms with Crippen LogP contribution < -0.4 is 9.99 Å². The van der Waals surface area contributed by atoms with Crippen molar-refractivity contribution in [1.82, 2.24) is 9.55 Å². The second-order valence-electron chi connectivity index (χ2n) is 10.9. The number of fused-ring (bicyclic) bond motifs is 5. The standard InChI is InChI=1S/C26H30N2O6Si/c1-7-26(32)18-11-20-21-16(12-28(20)23(30)17(18)13-33-24(26)31)22(34-35(5,6)25(2,3)4)15-9-8-14(29)10-19(15)27-21/h8-11,29,32H,7,12-13H2,1-6H3/t26-/m0/s1. The van der Waals surface area contributed by atoms with E-state index < -0.39 is 19.9 Å². The monoisotopic (exact) mass is 494 g/mol. The molecule has 1 atom stereocenters. The Morgan fingerprint density at radius 2 is 1.91 bits per heavy atom. The van der Waals surface area contributed by atoms with Crippen LogP contribution in [0.5, 0.6) is 11.5 Å². The Balaban J connectivity index is 1.81. The average molecular weight is 495 g/mol. The number of phenols is 1. The number of hydrogen-bond donors (Lipinski definition) is 2. The van der Waals surface area contributed by atoms with Gasteiger partial charge in [-0.1, -0.05) is 27.7 Å². The number of aliphatic hydroxyl groups is 1. The van der Waals surface area contributed by atoms with Gasteiger partial charge in [0.15, 0.2) is 5.60 Å². The summed E-state index contributed by atoms with van der Waals surface area (Å²) in [7, 11) is -2.28. The maximum atomic E-state index is 13.5. The molecule has 0 aliphatic carbocycles. The lowest BCUT2D eigenvalue weighted by Crippen LogP contribution is -2.44. The molecule has 0 radical (unpaired) electrons. The van der Waals surface area contributed by atoms with Crippen molar-refractivity contribution in [2.75, 3.05) is 0 Å². The summed E-state index contributed by atoms with van der Waals surface area (Å²) >= 11 is 0. The number of aromatic nitrogens is 2. The smallest absolute Gasteiger partial charge is 0.343 e. The van der Waals surface area contributed by atoms with Crippen molar-refractivity contribution in [2.24, 2.45) is 0 Å². The first-order valence-corrected chi connectivity index (χ1v) is 14.7. The van der Waals surface area contributed by atoms with Crippen LogP contribution in [-0.4, -0.2) is 34.1 Å². The fourth-order valence-corrected chi connectivity index (χ4v) is 5.61. The van der Waals surface area contributed by atoms with Crippen LogP contribution in [0.3, 0.4) is 0 Å². The predicted molar refractivity (Wildman–Crippen MR) is 134 cm³/mol. The molecule has 35 heavy (non-hydrogen) atoms. The van der Waals surface area contributed by atoms with Gasteiger partial charge in [0.25, 0.3) is 13.9 Å². The molecule has 1 aromatic carbocycles. The van der Waals surface area contributed by atoms with Crippen LogP contribution in [0.15, 0.2) is 29.1 Å². The molecule has 0 bridgehead atoms. The Labute approximate surface area is 204 Å². The molecule has 2 N–H and O–H groups in total. The molecule has 0 saturated carbocycles. The Kier molecular flexibility index (Phi) is 4.99. The molecule has 5 rings (SSSR count). The van der Waals surface area contributed by atoms with Crippen LogP contribution in [0.2, 0.25) is 18.1 Å². The number of carbonyl (C=O) groups is 1. The summed E-state index contributed by atoms with van der Waals surface area (Å²) in [6.07, 6.45) is 0.0767. The average Bonchev–Trinajstić information content (AvgIpc) is 3.14. The highest BCUT2D eigenvalue weighted by molar-refractivity contribution is 6.74. The molecule has 9 heteroatoms. The number of carbonyl (C=O) groups excluding carboxylic acids is 1. The van der Waals surface area contributed by atoms with Gasteiger partial charge in [-0.05, 0) is 42.8 Å². The summed E-state index contributed by atoms with van der Waals surface area (Å²) in [6.45, 7) is 12.5. The molecule has 0 fully saturated rings. The van der Waals surface area contributed by atoms with Gasteiger partial charge in [-0.25, -0.2) is 9.78 Å². The predicted octanol–water partition coefficient (Wildman–Crippen LogP) is 4.17. The van der Waals surface area contributed by atoms with Crippen molar-refractivity contribution in [1.29, 1.82) is 0 Å². The minimum atomic E-state index is -2.28. The topological polar surface area (TPSA) is 111 Å². The van der Waals surface area contributed by atoms with Gasteiger partial charge in [0.05, 0.1) is 29.0 Å². The number of rotatable bonds is 3. The third-order valence-electron chi connectivity index (χ3n) is 7.78. The minimum Gasteiger partial charge on any atom is -0.543 e. The van der Waals surface area contributed by atoms with E-state index in [1.165, 1.54) is 0 Å². The van der Waals surface area contributed by atoms with E-state index in [0.29, 0.717) is 22.7 Å². The van der Waals surface area contributed by atoms with Gasteiger partial charge in [-0.2, -0.15) is 0 Å². The summed E-state index contributed by atoms with van der Waals surface area (Å²) in [5.74, 6) is -0.0173. The number of esters is 1. The number of nitrogens with zero attached hydrogens (tertiary/aromatic N) is 2. The number of phenolic OH excluding ortho intramolecular Hbond substituents is 1. The van der Waals surface area contributed by atoms with Gasteiger partial charge in [-0.15, -0.1) is 0 Å². The Morgan fingerprint density at radius 1 is 1.20 bits per heavy atom. The van der Waals surface area contributed by atoms with Crippen molar-refractivity contribution < 1.29 is 24.2 Å². The molecule has 0 amide bonds. The molecule has 184 valence electrons. The summed E-state index contributed by atoms with van der Waals surface area (Å²) in [6, 6.07) is 6.66. The van der Waals surface area contributed by atoms with Crippen LogP contribution >= 0.6 is 0 Å². The lowest BCUT2D eigenvalue weighted by atomic mass is 9.86. The van der Waals surface area contributed by atoms with Crippen LogP contribution in [0.4, 0.5) is 0 Å². The van der Waals surface area contributed by atoms with Crippen molar-refractivity contribution in [3.63, 3.8) is 0 Å². The van der Waals surface area contributed by atoms with Crippen LogP contribution in [-0.2, 0) is 28.3 Å². The largest absolute Gasteiger partial charge is 0.543 e. The Bertz CT molecular complexity index is 1470. The zero-order valence-electron chi connectivity index (χ0n) is 20.9. The third kappa shape index (κ3) is 3.32. The molecule has 0 unspecified atom stereocenters. The van der Waals surface area contributed by atoms with Gasteiger partial charge in [0, 0.05) is 22.6 Å². The molecule has 0 spiro atoms.